The first-order valence-corrected chi connectivity index (χ1v) is 13.2. The summed E-state index contributed by atoms with van der Waals surface area (Å²) in [6.45, 7) is 4.36. The Morgan fingerprint density at radius 1 is 1.17 bits per heavy atom. The van der Waals surface area contributed by atoms with Gasteiger partial charge in [-0.1, -0.05) is 30.3 Å². The molecule has 2 aliphatic heterocycles. The second-order valence-corrected chi connectivity index (χ2v) is 10.3. The van der Waals surface area contributed by atoms with Gasteiger partial charge in [0, 0.05) is 49.8 Å². The van der Waals surface area contributed by atoms with Crippen LogP contribution in [-0.2, 0) is 24.2 Å². The van der Waals surface area contributed by atoms with Crippen LogP contribution in [-0.4, -0.2) is 54.5 Å². The van der Waals surface area contributed by atoms with Crippen molar-refractivity contribution >= 4 is 34.0 Å². The second kappa shape index (κ2) is 11.2. The van der Waals surface area contributed by atoms with Gasteiger partial charge in [0.1, 0.15) is 10.8 Å². The number of hydrogen-bond acceptors (Lipinski definition) is 8. The third-order valence-corrected chi connectivity index (χ3v) is 7.97. The highest BCUT2D eigenvalue weighted by molar-refractivity contribution is 7.17. The molecule has 0 bridgehead atoms. The third-order valence-electron chi connectivity index (χ3n) is 6.77. The Balaban J connectivity index is 1.26. The lowest BCUT2D eigenvalue weighted by Crippen LogP contribution is -2.39. The number of piperidine rings is 1. The Bertz CT molecular complexity index is 1220. The average molecular weight is 506 g/mol. The lowest BCUT2D eigenvalue weighted by molar-refractivity contribution is 0.0601. The summed E-state index contributed by atoms with van der Waals surface area (Å²) in [5, 5.41) is 10.3. The lowest BCUT2D eigenvalue weighted by atomic mass is 10.0. The maximum Gasteiger partial charge on any atom is 0.341 e. The molecule has 0 atom stereocenters. The van der Waals surface area contributed by atoms with Gasteiger partial charge in [-0.25, -0.2) is 9.78 Å². The van der Waals surface area contributed by atoms with Gasteiger partial charge in [0.15, 0.2) is 0 Å². The number of anilines is 2. The maximum absolute atomic E-state index is 13.3. The molecular formula is C27H31N5O3S. The van der Waals surface area contributed by atoms with Crippen molar-refractivity contribution in [1.29, 1.82) is 0 Å². The summed E-state index contributed by atoms with van der Waals surface area (Å²) in [6.07, 6.45) is 4.46. The minimum Gasteiger partial charge on any atom is -0.465 e. The van der Waals surface area contributed by atoms with Crippen LogP contribution in [0.3, 0.4) is 0 Å². The molecule has 36 heavy (non-hydrogen) atoms. The number of amides is 1. The summed E-state index contributed by atoms with van der Waals surface area (Å²) in [7, 11) is 1.36. The molecule has 0 spiro atoms. The maximum atomic E-state index is 13.3. The first kappa shape index (κ1) is 24.4. The quantitative estimate of drug-likeness (QED) is 0.419. The Labute approximate surface area is 215 Å². The fourth-order valence-corrected chi connectivity index (χ4v) is 6.07. The summed E-state index contributed by atoms with van der Waals surface area (Å²) >= 11 is 1.45. The van der Waals surface area contributed by atoms with Gasteiger partial charge in [0.2, 0.25) is 0 Å². The number of carbonyl (C=O) groups is 2. The highest BCUT2D eigenvalue weighted by Crippen LogP contribution is 2.36. The van der Waals surface area contributed by atoms with Crippen molar-refractivity contribution < 1.29 is 14.3 Å². The van der Waals surface area contributed by atoms with Crippen molar-refractivity contribution in [2.45, 2.75) is 38.4 Å². The van der Waals surface area contributed by atoms with E-state index in [1.54, 1.807) is 18.3 Å². The van der Waals surface area contributed by atoms with E-state index in [0.29, 0.717) is 28.5 Å². The molecule has 8 nitrogen and oxygen atoms in total. The monoisotopic (exact) mass is 505 g/mol. The largest absolute Gasteiger partial charge is 0.465 e. The third kappa shape index (κ3) is 5.43. The van der Waals surface area contributed by atoms with Crippen LogP contribution < -0.4 is 16.0 Å². The molecule has 4 heterocycles. The van der Waals surface area contributed by atoms with E-state index >= 15 is 0 Å². The van der Waals surface area contributed by atoms with Gasteiger partial charge in [-0.2, -0.15) is 0 Å². The van der Waals surface area contributed by atoms with Crippen molar-refractivity contribution in [3.8, 4) is 0 Å². The van der Waals surface area contributed by atoms with Gasteiger partial charge >= 0.3 is 5.97 Å². The number of benzene rings is 1. The number of carbonyl (C=O) groups excluding carboxylic acids is 2. The Morgan fingerprint density at radius 2 is 1.97 bits per heavy atom. The number of aromatic nitrogens is 1. The van der Waals surface area contributed by atoms with Crippen molar-refractivity contribution in [1.82, 2.24) is 15.2 Å². The molecule has 188 valence electrons. The topological polar surface area (TPSA) is 95.6 Å². The normalized spacial score (nSPS) is 16.2. The van der Waals surface area contributed by atoms with Crippen LogP contribution in [0.2, 0.25) is 0 Å². The number of thiophene rings is 1. The van der Waals surface area contributed by atoms with E-state index < -0.39 is 5.97 Å². The Kier molecular flexibility index (Phi) is 7.60. The van der Waals surface area contributed by atoms with Crippen LogP contribution in [0, 0.1) is 0 Å². The molecule has 2 aromatic heterocycles. The molecule has 1 aromatic carbocycles. The summed E-state index contributed by atoms with van der Waals surface area (Å²) in [6, 6.07) is 14.3. The number of methoxy groups -OCH3 is 1. The predicted molar refractivity (Wildman–Crippen MR) is 142 cm³/mol. The first-order chi connectivity index (χ1) is 17.6. The van der Waals surface area contributed by atoms with E-state index in [-0.39, 0.29) is 11.9 Å². The van der Waals surface area contributed by atoms with Crippen molar-refractivity contribution in [3.63, 3.8) is 0 Å². The van der Waals surface area contributed by atoms with Gasteiger partial charge in [0.05, 0.1) is 18.2 Å². The minimum absolute atomic E-state index is 0.240. The van der Waals surface area contributed by atoms with Gasteiger partial charge in [-0.05, 0) is 42.5 Å². The zero-order valence-electron chi connectivity index (χ0n) is 20.4. The number of rotatable bonds is 7. The number of hydrogen-bond donors (Lipinski definition) is 3. The van der Waals surface area contributed by atoms with E-state index in [2.05, 4.69) is 50.1 Å². The SMILES string of the molecule is COC(=O)c1c(NC(=O)c2cccnc2NC2CCN(Cc3ccccc3)CC2)sc2c1CNCC2. The standard InChI is InChI=1S/C27H31N5O3S/c1-35-27(34)23-21-16-28-13-9-22(21)36-26(23)31-25(33)20-8-5-12-29-24(20)30-19-10-14-32(15-11-19)17-18-6-3-2-4-7-18/h2-8,12,19,28H,9-11,13-17H2,1H3,(H,29,30)(H,31,33). The minimum atomic E-state index is -0.432. The fraction of sp³-hybridized carbons (Fsp3) is 0.370. The fourth-order valence-electron chi connectivity index (χ4n) is 4.87. The van der Waals surface area contributed by atoms with E-state index in [1.807, 2.05) is 6.07 Å². The van der Waals surface area contributed by atoms with Crippen molar-refractivity contribution in [2.24, 2.45) is 0 Å². The predicted octanol–water partition coefficient (Wildman–Crippen LogP) is 3.90. The van der Waals surface area contributed by atoms with Crippen molar-refractivity contribution in [3.05, 3.63) is 75.8 Å². The Hall–Kier alpha value is -3.27. The molecular weight excluding hydrogens is 474 g/mol. The van der Waals surface area contributed by atoms with Crippen LogP contribution in [0.5, 0.6) is 0 Å². The number of pyridine rings is 1. The molecule has 2 aliphatic rings. The average Bonchev–Trinajstić information content (AvgIpc) is 3.28. The molecule has 0 saturated carbocycles. The van der Waals surface area contributed by atoms with E-state index in [4.69, 9.17) is 4.74 Å². The smallest absolute Gasteiger partial charge is 0.341 e. The molecule has 0 aliphatic carbocycles. The van der Waals surface area contributed by atoms with Crippen molar-refractivity contribution in [2.75, 3.05) is 37.4 Å². The van der Waals surface area contributed by atoms with Crippen LogP contribution in [0.1, 0.15) is 49.6 Å². The molecule has 1 fully saturated rings. The molecule has 3 N–H and O–H groups in total. The highest BCUT2D eigenvalue weighted by atomic mass is 32.1. The summed E-state index contributed by atoms with van der Waals surface area (Å²) in [4.78, 5) is 33.9. The van der Waals surface area contributed by atoms with E-state index in [0.717, 1.165) is 55.9 Å². The molecule has 1 amide bonds. The molecule has 5 rings (SSSR count). The highest BCUT2D eigenvalue weighted by Gasteiger charge is 2.28. The lowest BCUT2D eigenvalue weighted by Gasteiger charge is -2.32. The second-order valence-electron chi connectivity index (χ2n) is 9.16. The molecule has 9 heteroatoms. The van der Waals surface area contributed by atoms with Gasteiger partial charge in [-0.3, -0.25) is 9.69 Å². The number of esters is 1. The molecule has 1 saturated heterocycles. The summed E-state index contributed by atoms with van der Waals surface area (Å²) in [5.41, 5.74) is 3.15. The number of fused-ring (bicyclic) bond motifs is 1. The van der Waals surface area contributed by atoms with Gasteiger partial charge < -0.3 is 20.7 Å². The molecule has 0 radical (unpaired) electrons. The number of nitrogens with one attached hydrogen (secondary N) is 3. The number of ether oxygens (including phenoxy) is 1. The van der Waals surface area contributed by atoms with Gasteiger partial charge in [-0.15, -0.1) is 11.3 Å². The van der Waals surface area contributed by atoms with Gasteiger partial charge in [0.25, 0.3) is 5.91 Å². The number of likely N-dealkylation sites (tertiary alicyclic amines) is 1. The summed E-state index contributed by atoms with van der Waals surface area (Å²) in [5.74, 6) is -0.152. The Morgan fingerprint density at radius 3 is 2.75 bits per heavy atom. The van der Waals surface area contributed by atoms with Crippen LogP contribution in [0.25, 0.3) is 0 Å². The van der Waals surface area contributed by atoms with Crippen LogP contribution >= 0.6 is 11.3 Å². The molecule has 0 unspecified atom stereocenters. The van der Waals surface area contributed by atoms with E-state index in [1.165, 1.54) is 24.0 Å². The zero-order valence-corrected chi connectivity index (χ0v) is 21.2. The zero-order chi connectivity index (χ0) is 24.9. The number of nitrogens with zero attached hydrogens (tertiary/aromatic N) is 2. The van der Waals surface area contributed by atoms with Crippen LogP contribution in [0.4, 0.5) is 10.8 Å². The van der Waals surface area contributed by atoms with Crippen LogP contribution in [0.15, 0.2) is 48.7 Å². The van der Waals surface area contributed by atoms with E-state index in [9.17, 15) is 9.59 Å². The first-order valence-electron chi connectivity index (χ1n) is 12.3. The summed E-state index contributed by atoms with van der Waals surface area (Å²) < 4.78 is 5.02. The molecule has 3 aromatic rings.